The largest absolute Gasteiger partial charge is 0.462 e. The average Bonchev–Trinajstić information content (AvgIpc) is 2.65. The third kappa shape index (κ3) is 5.20. The molecule has 2 N–H and O–H groups in total. The Labute approximate surface area is 96.5 Å². The van der Waals surface area contributed by atoms with Crippen LogP contribution in [0.25, 0.3) is 0 Å². The molecule has 1 aromatic heterocycles. The Morgan fingerprint density at radius 2 is 2.12 bits per heavy atom. The number of ether oxygens (including phenoxy) is 2. The molecule has 0 aliphatic carbocycles. The van der Waals surface area contributed by atoms with E-state index in [1.807, 2.05) is 0 Å². The van der Waals surface area contributed by atoms with Gasteiger partial charge in [-0.25, -0.2) is 0 Å². The number of hydrogen-bond donors (Lipinski definition) is 1. The van der Waals surface area contributed by atoms with Crippen LogP contribution in [0.15, 0.2) is 16.5 Å². The van der Waals surface area contributed by atoms with Gasteiger partial charge in [-0.05, 0) is 12.1 Å². The molecular formula is C10H14F3NO3. The molecule has 1 heterocycles. The van der Waals surface area contributed by atoms with E-state index in [0.29, 0.717) is 11.5 Å². The molecule has 4 nitrogen and oxygen atoms in total. The number of rotatable bonds is 6. The maximum atomic E-state index is 11.8. The second-order valence-corrected chi connectivity index (χ2v) is 3.47. The van der Waals surface area contributed by atoms with E-state index in [9.17, 15) is 13.2 Å². The van der Waals surface area contributed by atoms with E-state index in [1.165, 1.54) is 7.11 Å². The lowest BCUT2D eigenvalue weighted by Gasteiger charge is -2.11. The highest BCUT2D eigenvalue weighted by atomic mass is 19.4. The van der Waals surface area contributed by atoms with Crippen LogP contribution in [0.2, 0.25) is 0 Å². The highest BCUT2D eigenvalue weighted by Crippen LogP contribution is 2.18. The van der Waals surface area contributed by atoms with Gasteiger partial charge in [0.05, 0.1) is 12.6 Å². The quantitative estimate of drug-likeness (QED) is 0.842. The fraction of sp³-hybridized carbons (Fsp3) is 0.600. The Morgan fingerprint density at radius 3 is 2.71 bits per heavy atom. The zero-order valence-electron chi connectivity index (χ0n) is 9.29. The van der Waals surface area contributed by atoms with Crippen molar-refractivity contribution in [2.24, 2.45) is 5.73 Å². The summed E-state index contributed by atoms with van der Waals surface area (Å²) < 4.78 is 50.0. The van der Waals surface area contributed by atoms with Gasteiger partial charge in [0.1, 0.15) is 24.7 Å². The zero-order valence-corrected chi connectivity index (χ0v) is 9.29. The van der Waals surface area contributed by atoms with Gasteiger partial charge in [0.25, 0.3) is 0 Å². The van der Waals surface area contributed by atoms with Crippen molar-refractivity contribution in [3.63, 3.8) is 0 Å². The monoisotopic (exact) mass is 253 g/mol. The van der Waals surface area contributed by atoms with Crippen LogP contribution < -0.4 is 5.73 Å². The van der Waals surface area contributed by atoms with E-state index in [2.05, 4.69) is 4.74 Å². The molecular weight excluding hydrogens is 239 g/mol. The predicted molar refractivity (Wildman–Crippen MR) is 53.2 cm³/mol. The Balaban J connectivity index is 2.38. The molecule has 0 aromatic carbocycles. The lowest BCUT2D eigenvalue weighted by molar-refractivity contribution is -0.175. The molecule has 0 saturated carbocycles. The SMILES string of the molecule is COCc1ccc(C(N)COCC(F)(F)F)o1. The van der Waals surface area contributed by atoms with Crippen LogP contribution in [-0.4, -0.2) is 26.5 Å². The molecule has 0 amide bonds. The van der Waals surface area contributed by atoms with Crippen LogP contribution in [0, 0.1) is 0 Å². The maximum Gasteiger partial charge on any atom is 0.411 e. The summed E-state index contributed by atoms with van der Waals surface area (Å²) in [5.74, 6) is 0.938. The smallest absolute Gasteiger partial charge is 0.411 e. The maximum absolute atomic E-state index is 11.8. The first-order valence-electron chi connectivity index (χ1n) is 4.90. The van der Waals surface area contributed by atoms with Gasteiger partial charge in [-0.2, -0.15) is 13.2 Å². The minimum absolute atomic E-state index is 0.251. The number of alkyl halides is 3. The lowest BCUT2D eigenvalue weighted by Crippen LogP contribution is -2.22. The van der Waals surface area contributed by atoms with E-state index >= 15 is 0 Å². The third-order valence-electron chi connectivity index (χ3n) is 1.90. The summed E-state index contributed by atoms with van der Waals surface area (Å²) in [5.41, 5.74) is 5.61. The van der Waals surface area contributed by atoms with Crippen LogP contribution in [-0.2, 0) is 16.1 Å². The van der Waals surface area contributed by atoms with Crippen LogP contribution in [0.1, 0.15) is 17.6 Å². The van der Waals surface area contributed by atoms with Gasteiger partial charge in [-0.15, -0.1) is 0 Å². The molecule has 0 saturated heterocycles. The van der Waals surface area contributed by atoms with E-state index in [0.717, 1.165) is 0 Å². The van der Waals surface area contributed by atoms with Crippen molar-refractivity contribution in [1.29, 1.82) is 0 Å². The number of halogens is 3. The van der Waals surface area contributed by atoms with Gasteiger partial charge in [-0.1, -0.05) is 0 Å². The minimum Gasteiger partial charge on any atom is -0.462 e. The van der Waals surface area contributed by atoms with Crippen molar-refractivity contribution >= 4 is 0 Å². The Morgan fingerprint density at radius 1 is 1.41 bits per heavy atom. The second-order valence-electron chi connectivity index (χ2n) is 3.47. The molecule has 0 aliphatic rings. The van der Waals surface area contributed by atoms with Crippen molar-refractivity contribution in [2.45, 2.75) is 18.8 Å². The molecule has 0 bridgehead atoms. The Bertz CT molecular complexity index is 338. The summed E-state index contributed by atoms with van der Waals surface area (Å²) in [6, 6.07) is 2.53. The third-order valence-corrected chi connectivity index (χ3v) is 1.90. The average molecular weight is 253 g/mol. The Kier molecular flexibility index (Phi) is 4.98. The first kappa shape index (κ1) is 14.0. The summed E-state index contributed by atoms with van der Waals surface area (Å²) in [6.45, 7) is -1.28. The molecule has 17 heavy (non-hydrogen) atoms. The topological polar surface area (TPSA) is 57.6 Å². The molecule has 0 radical (unpaired) electrons. The van der Waals surface area contributed by atoms with Gasteiger partial charge >= 0.3 is 6.18 Å². The summed E-state index contributed by atoms with van der Waals surface area (Å²) in [7, 11) is 1.51. The van der Waals surface area contributed by atoms with Crippen molar-refractivity contribution in [2.75, 3.05) is 20.3 Å². The van der Waals surface area contributed by atoms with E-state index in [1.54, 1.807) is 12.1 Å². The molecule has 0 fully saturated rings. The first-order valence-corrected chi connectivity index (χ1v) is 4.90. The molecule has 1 unspecified atom stereocenters. The van der Waals surface area contributed by atoms with Crippen LogP contribution in [0.3, 0.4) is 0 Å². The number of furan rings is 1. The molecule has 0 aliphatic heterocycles. The molecule has 1 aromatic rings. The van der Waals surface area contributed by atoms with Crippen molar-refractivity contribution in [1.82, 2.24) is 0 Å². The van der Waals surface area contributed by atoms with Gasteiger partial charge in [-0.3, -0.25) is 0 Å². The highest BCUT2D eigenvalue weighted by Gasteiger charge is 2.28. The van der Waals surface area contributed by atoms with Crippen molar-refractivity contribution in [3.05, 3.63) is 23.7 Å². The summed E-state index contributed by atoms with van der Waals surface area (Å²) >= 11 is 0. The van der Waals surface area contributed by atoms with E-state index in [-0.39, 0.29) is 13.2 Å². The normalized spacial score (nSPS) is 13.9. The first-order chi connectivity index (χ1) is 7.92. The zero-order chi connectivity index (χ0) is 12.9. The molecule has 0 spiro atoms. The minimum atomic E-state index is -4.34. The fourth-order valence-corrected chi connectivity index (χ4v) is 1.20. The molecule has 1 atom stereocenters. The van der Waals surface area contributed by atoms with E-state index < -0.39 is 18.8 Å². The van der Waals surface area contributed by atoms with Crippen molar-refractivity contribution in [3.8, 4) is 0 Å². The lowest BCUT2D eigenvalue weighted by atomic mass is 10.2. The van der Waals surface area contributed by atoms with Gasteiger partial charge in [0, 0.05) is 7.11 Å². The predicted octanol–water partition coefficient (Wildman–Crippen LogP) is 2.00. The summed E-state index contributed by atoms with van der Waals surface area (Å²) in [5, 5.41) is 0. The number of methoxy groups -OCH3 is 1. The molecule has 7 heteroatoms. The van der Waals surface area contributed by atoms with Crippen LogP contribution >= 0.6 is 0 Å². The standard InChI is InChI=1S/C10H14F3NO3/c1-15-4-7-2-3-9(17-7)8(14)5-16-6-10(11,12)13/h2-3,8H,4-6,14H2,1H3. The van der Waals surface area contributed by atoms with Gasteiger partial charge in [0.15, 0.2) is 0 Å². The fourth-order valence-electron chi connectivity index (χ4n) is 1.20. The number of nitrogens with two attached hydrogens (primary N) is 1. The summed E-state index contributed by atoms with van der Waals surface area (Å²) in [6.07, 6.45) is -4.34. The van der Waals surface area contributed by atoms with Crippen molar-refractivity contribution < 1.29 is 27.1 Å². The highest BCUT2D eigenvalue weighted by molar-refractivity contribution is 5.09. The number of hydrogen-bond acceptors (Lipinski definition) is 4. The van der Waals surface area contributed by atoms with Gasteiger partial charge < -0.3 is 19.6 Å². The molecule has 98 valence electrons. The van der Waals surface area contributed by atoms with E-state index in [4.69, 9.17) is 14.9 Å². The van der Waals surface area contributed by atoms with Gasteiger partial charge in [0.2, 0.25) is 0 Å². The molecule has 1 rings (SSSR count). The van der Waals surface area contributed by atoms with Crippen LogP contribution in [0.5, 0.6) is 0 Å². The summed E-state index contributed by atoms with van der Waals surface area (Å²) in [4.78, 5) is 0. The second kappa shape index (κ2) is 6.04. The van der Waals surface area contributed by atoms with Crippen LogP contribution in [0.4, 0.5) is 13.2 Å². The Hall–Kier alpha value is -1.05.